The number of ether oxygens (including phenoxy) is 1. The number of carbonyl (C=O) groups excluding carboxylic acids is 1. The monoisotopic (exact) mass is 459 g/mol. The average molecular weight is 460 g/mol. The Kier molecular flexibility index (Phi) is 5.68. The molecule has 1 fully saturated rings. The third kappa shape index (κ3) is 4.01. The second-order valence-electron chi connectivity index (χ2n) is 7.22. The quantitative estimate of drug-likeness (QED) is 0.470. The lowest BCUT2D eigenvalue weighted by Crippen LogP contribution is -2.20. The van der Waals surface area contributed by atoms with Crippen molar-refractivity contribution in [3.8, 4) is 5.75 Å². The van der Waals surface area contributed by atoms with Gasteiger partial charge in [0.05, 0.1) is 29.1 Å². The van der Waals surface area contributed by atoms with Gasteiger partial charge in [0.1, 0.15) is 5.75 Å². The number of nitrogens with zero attached hydrogens (tertiary/aromatic N) is 2. The van der Waals surface area contributed by atoms with Crippen molar-refractivity contribution in [2.24, 2.45) is 4.99 Å². The number of para-hydroxylation sites is 1. The van der Waals surface area contributed by atoms with E-state index >= 15 is 0 Å². The number of amidine groups is 1. The fourth-order valence-corrected chi connectivity index (χ4v) is 5.65. The van der Waals surface area contributed by atoms with Gasteiger partial charge in [-0.1, -0.05) is 36.0 Å². The molecule has 1 saturated heterocycles. The van der Waals surface area contributed by atoms with Crippen molar-refractivity contribution < 1.29 is 9.53 Å². The maximum atomic E-state index is 12.4. The van der Waals surface area contributed by atoms with Gasteiger partial charge < -0.3 is 15.0 Å². The summed E-state index contributed by atoms with van der Waals surface area (Å²) in [5.41, 5.74) is 4.18. The largest absolute Gasteiger partial charge is 0.497 e. The first-order valence-corrected chi connectivity index (χ1v) is 11.9. The number of thioether (sulfide) groups is 1. The van der Waals surface area contributed by atoms with Crippen LogP contribution in [0.3, 0.4) is 0 Å². The molecule has 5 nitrogen and oxygen atoms in total. The number of aliphatic imine (C=N–C) groups is 1. The van der Waals surface area contributed by atoms with Gasteiger partial charge in [-0.2, -0.15) is 0 Å². The van der Waals surface area contributed by atoms with Crippen molar-refractivity contribution in [2.75, 3.05) is 18.6 Å². The molecule has 3 aromatic carbocycles. The summed E-state index contributed by atoms with van der Waals surface area (Å²) in [6, 6.07) is 22.2. The second kappa shape index (κ2) is 8.76. The normalized spacial score (nSPS) is 17.3. The molecule has 0 aromatic heterocycles. The maximum Gasteiger partial charge on any atom is 0.264 e. The van der Waals surface area contributed by atoms with Gasteiger partial charge in [0.2, 0.25) is 0 Å². The number of rotatable bonds is 4. The predicted molar refractivity (Wildman–Crippen MR) is 133 cm³/mol. The molecule has 3 aromatic rings. The third-order valence-corrected chi connectivity index (χ3v) is 7.24. The molecule has 0 atom stereocenters. The minimum absolute atomic E-state index is 0.136. The number of methoxy groups -OCH3 is 1. The molecule has 2 heterocycles. The molecule has 7 heteroatoms. The highest BCUT2D eigenvalue weighted by Gasteiger charge is 2.25. The Labute approximate surface area is 195 Å². The Bertz CT molecular complexity index is 1250. The molecule has 160 valence electrons. The molecule has 0 spiro atoms. The zero-order chi connectivity index (χ0) is 22.1. The van der Waals surface area contributed by atoms with Crippen LogP contribution >= 0.6 is 23.5 Å². The summed E-state index contributed by atoms with van der Waals surface area (Å²) in [6.45, 7) is 3.05. The summed E-state index contributed by atoms with van der Waals surface area (Å²) in [6.07, 6.45) is 1.86. The number of hydrogen-bond acceptors (Lipinski definition) is 6. The summed E-state index contributed by atoms with van der Waals surface area (Å²) in [5, 5.41) is 3.46. The average Bonchev–Trinajstić information content (AvgIpc) is 3.16. The summed E-state index contributed by atoms with van der Waals surface area (Å²) in [4.78, 5) is 22.5. The Morgan fingerprint density at radius 2 is 1.78 bits per heavy atom. The Balaban J connectivity index is 1.39. The van der Waals surface area contributed by atoms with E-state index in [1.807, 2.05) is 36.4 Å². The molecule has 1 N–H and O–H groups in total. The number of hydrogen-bond donors (Lipinski definition) is 1. The fraction of sp³-hybridized carbons (Fsp3) is 0.120. The zero-order valence-electron chi connectivity index (χ0n) is 17.7. The standard InChI is InChI=1S/C25H21N3O2S2/c1-3-28-19-6-4-5-7-21(19)31-22-15-17(10-13-20(22)28)26-25-27-24(29)23(32-25)14-16-8-11-18(30-2)12-9-16/h4-15H,3H2,1-2H3,(H,26,27,29). The number of benzene rings is 3. The first-order chi connectivity index (χ1) is 15.6. The van der Waals surface area contributed by atoms with Gasteiger partial charge >= 0.3 is 0 Å². The molecule has 2 aliphatic rings. The van der Waals surface area contributed by atoms with E-state index in [-0.39, 0.29) is 5.91 Å². The molecule has 0 aliphatic carbocycles. The molecular weight excluding hydrogens is 438 g/mol. The van der Waals surface area contributed by atoms with Crippen LogP contribution in [0.5, 0.6) is 5.75 Å². The van der Waals surface area contributed by atoms with Crippen molar-refractivity contribution >= 4 is 57.7 Å². The van der Waals surface area contributed by atoms with Crippen LogP contribution in [0.4, 0.5) is 17.1 Å². The molecule has 5 rings (SSSR count). The van der Waals surface area contributed by atoms with Gasteiger partial charge in [-0.15, -0.1) is 0 Å². The topological polar surface area (TPSA) is 53.9 Å². The van der Waals surface area contributed by atoms with Gasteiger partial charge in [0, 0.05) is 16.3 Å². The van der Waals surface area contributed by atoms with Crippen LogP contribution in [0.2, 0.25) is 0 Å². The minimum atomic E-state index is -0.136. The summed E-state index contributed by atoms with van der Waals surface area (Å²) in [5.74, 6) is 0.649. The Morgan fingerprint density at radius 1 is 1.00 bits per heavy atom. The molecule has 0 radical (unpaired) electrons. The molecule has 0 unspecified atom stereocenters. The van der Waals surface area contributed by atoms with E-state index in [1.165, 1.54) is 28.0 Å². The van der Waals surface area contributed by atoms with Crippen molar-refractivity contribution in [3.05, 3.63) is 77.2 Å². The number of anilines is 2. The predicted octanol–water partition coefficient (Wildman–Crippen LogP) is 6.21. The van der Waals surface area contributed by atoms with Crippen LogP contribution in [0.25, 0.3) is 6.08 Å². The SMILES string of the molecule is CCN1c2ccccc2Sc2cc(N=C3NC(=O)C(=Cc4ccc(OC)cc4)S3)ccc21. The van der Waals surface area contributed by atoms with Crippen LogP contribution in [0.15, 0.2) is 86.4 Å². The minimum Gasteiger partial charge on any atom is -0.497 e. The zero-order valence-corrected chi connectivity index (χ0v) is 19.3. The van der Waals surface area contributed by atoms with Crippen molar-refractivity contribution in [3.63, 3.8) is 0 Å². The molecular formula is C25H21N3O2S2. The van der Waals surface area contributed by atoms with E-state index < -0.39 is 0 Å². The maximum absolute atomic E-state index is 12.4. The van der Waals surface area contributed by atoms with E-state index in [4.69, 9.17) is 9.73 Å². The highest BCUT2D eigenvalue weighted by Crippen LogP contribution is 2.49. The highest BCUT2D eigenvalue weighted by atomic mass is 32.2. The molecule has 32 heavy (non-hydrogen) atoms. The van der Waals surface area contributed by atoms with Crippen molar-refractivity contribution in [2.45, 2.75) is 16.7 Å². The first-order valence-electron chi connectivity index (χ1n) is 10.3. The summed E-state index contributed by atoms with van der Waals surface area (Å²) >= 11 is 3.10. The van der Waals surface area contributed by atoms with E-state index in [2.05, 4.69) is 53.5 Å². The van der Waals surface area contributed by atoms with E-state index in [0.717, 1.165) is 28.4 Å². The Hall–Kier alpha value is -3.16. The van der Waals surface area contributed by atoms with E-state index in [1.54, 1.807) is 18.9 Å². The van der Waals surface area contributed by atoms with Crippen LogP contribution in [-0.4, -0.2) is 24.7 Å². The van der Waals surface area contributed by atoms with Gasteiger partial charge in [-0.3, -0.25) is 4.79 Å². The molecule has 2 aliphatic heterocycles. The lowest BCUT2D eigenvalue weighted by atomic mass is 10.2. The van der Waals surface area contributed by atoms with E-state index in [9.17, 15) is 4.79 Å². The third-order valence-electron chi connectivity index (χ3n) is 5.22. The van der Waals surface area contributed by atoms with Crippen LogP contribution in [0.1, 0.15) is 12.5 Å². The van der Waals surface area contributed by atoms with Crippen LogP contribution in [-0.2, 0) is 4.79 Å². The molecule has 0 saturated carbocycles. The number of fused-ring (bicyclic) bond motifs is 2. The second-order valence-corrected chi connectivity index (χ2v) is 9.34. The number of carbonyl (C=O) groups is 1. The van der Waals surface area contributed by atoms with Crippen molar-refractivity contribution in [1.82, 2.24) is 5.32 Å². The first kappa shape index (κ1) is 20.7. The summed E-state index contributed by atoms with van der Waals surface area (Å²) < 4.78 is 5.19. The smallest absolute Gasteiger partial charge is 0.264 e. The molecule has 0 bridgehead atoms. The Morgan fingerprint density at radius 3 is 2.56 bits per heavy atom. The van der Waals surface area contributed by atoms with E-state index in [0.29, 0.717) is 10.1 Å². The lowest BCUT2D eigenvalue weighted by molar-refractivity contribution is -0.115. The van der Waals surface area contributed by atoms with Gasteiger partial charge in [-0.25, -0.2) is 4.99 Å². The van der Waals surface area contributed by atoms with Gasteiger partial charge in [0.25, 0.3) is 5.91 Å². The molecule has 1 amide bonds. The number of nitrogens with one attached hydrogen (secondary N) is 1. The highest BCUT2D eigenvalue weighted by molar-refractivity contribution is 8.18. The summed E-state index contributed by atoms with van der Waals surface area (Å²) in [7, 11) is 1.63. The van der Waals surface area contributed by atoms with Crippen molar-refractivity contribution in [1.29, 1.82) is 0 Å². The number of amides is 1. The lowest BCUT2D eigenvalue weighted by Gasteiger charge is -2.31. The fourth-order valence-electron chi connectivity index (χ4n) is 3.68. The van der Waals surface area contributed by atoms with Gasteiger partial charge in [-0.05, 0) is 72.8 Å². The van der Waals surface area contributed by atoms with Crippen LogP contribution in [0, 0.1) is 0 Å². The van der Waals surface area contributed by atoms with Gasteiger partial charge in [0.15, 0.2) is 5.17 Å². The van der Waals surface area contributed by atoms with Crippen LogP contribution < -0.4 is 15.0 Å².